The summed E-state index contributed by atoms with van der Waals surface area (Å²) in [7, 11) is 3.12. The summed E-state index contributed by atoms with van der Waals surface area (Å²) >= 11 is 0. The van der Waals surface area contributed by atoms with E-state index in [0.29, 0.717) is 22.7 Å². The SMILES string of the molecule is COc1ccc(/C=C/C(=O)c2ccc(N3CCCC3)c(F)c2)cc1OC. The number of rotatable bonds is 6. The van der Waals surface area contributed by atoms with E-state index in [4.69, 9.17) is 9.47 Å². The van der Waals surface area contributed by atoms with Gasteiger partial charge in [-0.25, -0.2) is 4.39 Å². The van der Waals surface area contributed by atoms with E-state index in [1.54, 1.807) is 44.6 Å². The Labute approximate surface area is 152 Å². The predicted molar refractivity (Wildman–Crippen MR) is 101 cm³/mol. The molecule has 1 aliphatic heterocycles. The minimum Gasteiger partial charge on any atom is -0.493 e. The van der Waals surface area contributed by atoms with Crippen LogP contribution in [0.2, 0.25) is 0 Å². The van der Waals surface area contributed by atoms with Gasteiger partial charge in [-0.15, -0.1) is 0 Å². The van der Waals surface area contributed by atoms with Crippen LogP contribution in [0.15, 0.2) is 42.5 Å². The van der Waals surface area contributed by atoms with E-state index in [1.165, 1.54) is 12.1 Å². The first-order valence-corrected chi connectivity index (χ1v) is 8.61. The quantitative estimate of drug-likeness (QED) is 0.571. The third kappa shape index (κ3) is 3.87. The molecule has 0 saturated carbocycles. The molecule has 3 rings (SSSR count). The minimum absolute atomic E-state index is 0.244. The molecule has 1 saturated heterocycles. The number of hydrogen-bond donors (Lipinski definition) is 0. The van der Waals surface area contributed by atoms with Gasteiger partial charge in [0.15, 0.2) is 17.3 Å². The van der Waals surface area contributed by atoms with Gasteiger partial charge in [-0.1, -0.05) is 12.1 Å². The highest BCUT2D eigenvalue weighted by Crippen LogP contribution is 2.28. The van der Waals surface area contributed by atoms with Crippen molar-refractivity contribution in [2.45, 2.75) is 12.8 Å². The number of carbonyl (C=O) groups excluding carboxylic acids is 1. The van der Waals surface area contributed by atoms with Crippen molar-refractivity contribution in [1.29, 1.82) is 0 Å². The fraction of sp³-hybridized carbons (Fsp3) is 0.286. The molecule has 0 aromatic heterocycles. The largest absolute Gasteiger partial charge is 0.493 e. The van der Waals surface area contributed by atoms with Crippen LogP contribution in [0.5, 0.6) is 11.5 Å². The summed E-state index contributed by atoms with van der Waals surface area (Å²) in [6, 6.07) is 10.1. The number of hydrogen-bond acceptors (Lipinski definition) is 4. The van der Waals surface area contributed by atoms with Crippen LogP contribution in [0, 0.1) is 5.82 Å². The molecule has 0 atom stereocenters. The van der Waals surface area contributed by atoms with Gasteiger partial charge in [0.2, 0.25) is 0 Å². The fourth-order valence-corrected chi connectivity index (χ4v) is 3.10. The van der Waals surface area contributed by atoms with Crippen LogP contribution in [0.1, 0.15) is 28.8 Å². The lowest BCUT2D eigenvalue weighted by molar-refractivity contribution is 0.104. The van der Waals surface area contributed by atoms with Crippen molar-refractivity contribution in [2.24, 2.45) is 0 Å². The van der Waals surface area contributed by atoms with E-state index >= 15 is 0 Å². The lowest BCUT2D eigenvalue weighted by Crippen LogP contribution is -2.19. The average molecular weight is 355 g/mol. The van der Waals surface area contributed by atoms with Crippen molar-refractivity contribution in [2.75, 3.05) is 32.2 Å². The molecule has 136 valence electrons. The number of nitrogens with zero attached hydrogens (tertiary/aromatic N) is 1. The first-order chi connectivity index (χ1) is 12.6. The highest BCUT2D eigenvalue weighted by atomic mass is 19.1. The summed E-state index contributed by atoms with van der Waals surface area (Å²) in [5, 5.41) is 0. The Kier molecular flexibility index (Phi) is 5.56. The van der Waals surface area contributed by atoms with E-state index in [1.807, 2.05) is 11.0 Å². The van der Waals surface area contributed by atoms with E-state index in [0.717, 1.165) is 31.5 Å². The van der Waals surface area contributed by atoms with E-state index in [9.17, 15) is 9.18 Å². The molecule has 0 aliphatic carbocycles. The van der Waals surface area contributed by atoms with Crippen LogP contribution in [0.4, 0.5) is 10.1 Å². The molecule has 1 heterocycles. The smallest absolute Gasteiger partial charge is 0.185 e. The molecule has 0 amide bonds. The molecular formula is C21H22FNO3. The Balaban J connectivity index is 1.75. The van der Waals surface area contributed by atoms with Gasteiger partial charge < -0.3 is 14.4 Å². The lowest BCUT2D eigenvalue weighted by atomic mass is 10.1. The van der Waals surface area contributed by atoms with Gasteiger partial charge in [0.25, 0.3) is 0 Å². The van der Waals surface area contributed by atoms with E-state index in [-0.39, 0.29) is 11.6 Å². The topological polar surface area (TPSA) is 38.8 Å². The fourth-order valence-electron chi connectivity index (χ4n) is 3.10. The number of ketones is 1. The molecule has 4 nitrogen and oxygen atoms in total. The highest BCUT2D eigenvalue weighted by molar-refractivity contribution is 6.07. The Morgan fingerprint density at radius 3 is 2.42 bits per heavy atom. The summed E-state index contributed by atoms with van der Waals surface area (Å²) in [5.74, 6) is 0.614. The van der Waals surface area contributed by atoms with Gasteiger partial charge in [0.1, 0.15) is 5.82 Å². The maximum Gasteiger partial charge on any atom is 0.185 e. The van der Waals surface area contributed by atoms with Crippen LogP contribution in [-0.4, -0.2) is 33.1 Å². The van der Waals surface area contributed by atoms with Crippen LogP contribution < -0.4 is 14.4 Å². The number of halogens is 1. The van der Waals surface area contributed by atoms with Crippen molar-refractivity contribution in [3.05, 3.63) is 59.4 Å². The zero-order valence-electron chi connectivity index (χ0n) is 15.0. The molecule has 2 aromatic rings. The van der Waals surface area contributed by atoms with Crippen molar-refractivity contribution < 1.29 is 18.7 Å². The molecule has 0 unspecified atom stereocenters. The Bertz CT molecular complexity index is 826. The molecular weight excluding hydrogens is 333 g/mol. The highest BCUT2D eigenvalue weighted by Gasteiger charge is 2.17. The predicted octanol–water partition coefficient (Wildman–Crippen LogP) is 4.34. The zero-order chi connectivity index (χ0) is 18.5. The number of anilines is 1. The monoisotopic (exact) mass is 355 g/mol. The molecule has 2 aromatic carbocycles. The van der Waals surface area contributed by atoms with Crippen LogP contribution in [0.25, 0.3) is 6.08 Å². The van der Waals surface area contributed by atoms with E-state index in [2.05, 4.69) is 0 Å². The molecule has 5 heteroatoms. The average Bonchev–Trinajstić information content (AvgIpc) is 3.20. The zero-order valence-corrected chi connectivity index (χ0v) is 15.0. The summed E-state index contributed by atoms with van der Waals surface area (Å²) in [5.41, 5.74) is 1.70. The summed E-state index contributed by atoms with van der Waals surface area (Å²) in [6.07, 6.45) is 5.27. The van der Waals surface area contributed by atoms with E-state index < -0.39 is 0 Å². The first kappa shape index (κ1) is 18.0. The van der Waals surface area contributed by atoms with Crippen molar-refractivity contribution in [3.8, 4) is 11.5 Å². The van der Waals surface area contributed by atoms with Crippen LogP contribution in [-0.2, 0) is 0 Å². The summed E-state index contributed by atoms with van der Waals surface area (Å²) in [4.78, 5) is 14.4. The maximum atomic E-state index is 14.4. The second kappa shape index (κ2) is 8.04. The normalized spacial score (nSPS) is 14.0. The van der Waals surface area contributed by atoms with Gasteiger partial charge >= 0.3 is 0 Å². The number of allylic oxidation sites excluding steroid dienone is 1. The Hall–Kier alpha value is -2.82. The second-order valence-corrected chi connectivity index (χ2v) is 6.17. The molecule has 0 spiro atoms. The Morgan fingerprint density at radius 1 is 1.04 bits per heavy atom. The van der Waals surface area contributed by atoms with Crippen molar-refractivity contribution in [3.63, 3.8) is 0 Å². The van der Waals surface area contributed by atoms with Gasteiger partial charge in [-0.2, -0.15) is 0 Å². The number of carbonyl (C=O) groups is 1. The number of ether oxygens (including phenoxy) is 2. The van der Waals surface area contributed by atoms with Gasteiger partial charge in [-0.3, -0.25) is 4.79 Å². The first-order valence-electron chi connectivity index (χ1n) is 8.61. The molecule has 1 fully saturated rings. The summed E-state index contributed by atoms with van der Waals surface area (Å²) < 4.78 is 24.8. The van der Waals surface area contributed by atoms with Crippen LogP contribution in [0.3, 0.4) is 0 Å². The number of benzene rings is 2. The molecule has 26 heavy (non-hydrogen) atoms. The van der Waals surface area contributed by atoms with Gasteiger partial charge in [-0.05, 0) is 54.8 Å². The molecule has 0 bridgehead atoms. The lowest BCUT2D eigenvalue weighted by Gasteiger charge is -2.18. The second-order valence-electron chi connectivity index (χ2n) is 6.17. The van der Waals surface area contributed by atoms with Crippen molar-refractivity contribution >= 4 is 17.5 Å². The summed E-state index contributed by atoms with van der Waals surface area (Å²) in [6.45, 7) is 1.73. The van der Waals surface area contributed by atoms with Crippen LogP contribution >= 0.6 is 0 Å². The standard InChI is InChI=1S/C21H22FNO3/c1-25-20-10-6-15(13-21(20)26-2)5-9-19(24)16-7-8-18(17(22)14-16)23-11-3-4-12-23/h5-10,13-14H,3-4,11-12H2,1-2H3/b9-5+. The molecule has 0 N–H and O–H groups in total. The molecule has 1 aliphatic rings. The Morgan fingerprint density at radius 2 is 1.77 bits per heavy atom. The third-order valence-corrected chi connectivity index (χ3v) is 4.51. The minimum atomic E-state index is -0.350. The number of methoxy groups -OCH3 is 2. The van der Waals surface area contributed by atoms with Gasteiger partial charge in [0, 0.05) is 18.7 Å². The van der Waals surface area contributed by atoms with Gasteiger partial charge in [0.05, 0.1) is 19.9 Å². The molecule has 0 radical (unpaired) electrons. The third-order valence-electron chi connectivity index (χ3n) is 4.51. The van der Waals surface area contributed by atoms with Crippen molar-refractivity contribution in [1.82, 2.24) is 0 Å². The maximum absolute atomic E-state index is 14.4.